The van der Waals surface area contributed by atoms with Crippen LogP contribution in [0, 0.1) is 11.3 Å². The summed E-state index contributed by atoms with van der Waals surface area (Å²) in [5, 5.41) is 8.06. The summed E-state index contributed by atoms with van der Waals surface area (Å²) in [4.78, 5) is 24.5. The number of rotatable bonds is 6. The number of pyridine rings is 1. The lowest BCUT2D eigenvalue weighted by Gasteiger charge is -2.39. The van der Waals surface area contributed by atoms with E-state index in [1.165, 1.54) is 5.56 Å². The van der Waals surface area contributed by atoms with Gasteiger partial charge in [0.05, 0.1) is 17.7 Å². The Kier molecular flexibility index (Phi) is 5.19. The molecule has 4 unspecified atom stereocenters. The van der Waals surface area contributed by atoms with Crippen molar-refractivity contribution in [3.8, 4) is 0 Å². The number of hydrazine groups is 1. The molecule has 1 amide bonds. The van der Waals surface area contributed by atoms with E-state index in [4.69, 9.17) is 5.73 Å². The number of hydrogen-bond donors (Lipinski definition) is 4. The third-order valence-electron chi connectivity index (χ3n) is 7.51. The van der Waals surface area contributed by atoms with Gasteiger partial charge in [-0.15, -0.1) is 0 Å². The molecular weight excluding hydrogens is 394 g/mol. The highest BCUT2D eigenvalue weighted by atomic mass is 16.1. The van der Waals surface area contributed by atoms with Gasteiger partial charge in [0.1, 0.15) is 0 Å². The molecule has 0 radical (unpaired) electrons. The molecule has 5 N–H and O–H groups in total. The van der Waals surface area contributed by atoms with Crippen LogP contribution in [0.1, 0.15) is 55.8 Å². The Hall–Kier alpha value is -2.49. The van der Waals surface area contributed by atoms with E-state index < -0.39 is 5.41 Å². The number of carbonyl (C=O) groups excluding carboxylic acids is 1. The SMILES string of the molecule is CCn1cc(C2CC3C(CN2)NNC3c2ccc(=O)n(CC3(C(N)=O)CCC3)c2)cn1. The zero-order chi connectivity index (χ0) is 21.6. The van der Waals surface area contributed by atoms with Crippen LogP contribution in [0.5, 0.6) is 0 Å². The molecule has 31 heavy (non-hydrogen) atoms. The number of aromatic nitrogens is 3. The monoisotopic (exact) mass is 425 g/mol. The van der Waals surface area contributed by atoms with Crippen LogP contribution in [0.4, 0.5) is 0 Å². The van der Waals surface area contributed by atoms with Gasteiger partial charge in [0.25, 0.3) is 5.56 Å². The van der Waals surface area contributed by atoms with Crippen LogP contribution >= 0.6 is 0 Å². The number of carbonyl (C=O) groups is 1. The van der Waals surface area contributed by atoms with E-state index in [0.717, 1.165) is 44.3 Å². The summed E-state index contributed by atoms with van der Waals surface area (Å²) in [6.45, 7) is 4.17. The van der Waals surface area contributed by atoms with Gasteiger partial charge in [-0.2, -0.15) is 5.10 Å². The first kappa shape index (κ1) is 20.4. The van der Waals surface area contributed by atoms with Crippen LogP contribution in [0.3, 0.4) is 0 Å². The molecule has 1 saturated carbocycles. The molecule has 4 heterocycles. The summed E-state index contributed by atoms with van der Waals surface area (Å²) in [6, 6.07) is 4.18. The molecule has 2 aromatic heterocycles. The lowest BCUT2D eigenvalue weighted by Crippen LogP contribution is -2.47. The van der Waals surface area contributed by atoms with Crippen molar-refractivity contribution in [1.82, 2.24) is 30.5 Å². The molecular formula is C22H31N7O2. The Bertz CT molecular complexity index is 1020. The molecule has 2 saturated heterocycles. The van der Waals surface area contributed by atoms with Crippen molar-refractivity contribution >= 4 is 5.91 Å². The minimum absolute atomic E-state index is 0.0889. The van der Waals surface area contributed by atoms with Gasteiger partial charge in [-0.3, -0.25) is 19.7 Å². The quantitative estimate of drug-likeness (QED) is 0.538. The minimum atomic E-state index is -0.578. The van der Waals surface area contributed by atoms with Crippen molar-refractivity contribution in [1.29, 1.82) is 0 Å². The van der Waals surface area contributed by atoms with Crippen LogP contribution in [-0.4, -0.2) is 32.8 Å². The molecule has 1 aliphatic carbocycles. The summed E-state index contributed by atoms with van der Waals surface area (Å²) in [7, 11) is 0. The van der Waals surface area contributed by atoms with E-state index in [-0.39, 0.29) is 23.6 Å². The highest BCUT2D eigenvalue weighted by Gasteiger charge is 2.44. The number of nitrogens with two attached hydrogens (primary N) is 1. The highest BCUT2D eigenvalue weighted by molar-refractivity contribution is 5.81. The maximum atomic E-state index is 12.5. The second-order valence-electron chi connectivity index (χ2n) is 9.29. The van der Waals surface area contributed by atoms with Gasteiger partial charge >= 0.3 is 0 Å². The summed E-state index contributed by atoms with van der Waals surface area (Å²) in [5.41, 5.74) is 14.1. The number of nitrogens with one attached hydrogen (secondary N) is 3. The van der Waals surface area contributed by atoms with Gasteiger partial charge in [-0.1, -0.05) is 12.5 Å². The number of amides is 1. The molecule has 0 spiro atoms. The van der Waals surface area contributed by atoms with E-state index in [0.29, 0.717) is 18.5 Å². The van der Waals surface area contributed by atoms with Crippen molar-refractivity contribution in [3.63, 3.8) is 0 Å². The first-order valence-corrected chi connectivity index (χ1v) is 11.3. The van der Waals surface area contributed by atoms with Gasteiger partial charge in [-0.05, 0) is 37.7 Å². The Balaban J connectivity index is 1.37. The fourth-order valence-electron chi connectivity index (χ4n) is 5.36. The first-order valence-electron chi connectivity index (χ1n) is 11.3. The summed E-state index contributed by atoms with van der Waals surface area (Å²) in [5.74, 6) is 0.0709. The van der Waals surface area contributed by atoms with Crippen molar-refractivity contribution in [2.45, 2.75) is 63.8 Å². The van der Waals surface area contributed by atoms with Crippen molar-refractivity contribution in [2.24, 2.45) is 17.1 Å². The van der Waals surface area contributed by atoms with E-state index in [9.17, 15) is 9.59 Å². The smallest absolute Gasteiger partial charge is 0.250 e. The van der Waals surface area contributed by atoms with Crippen LogP contribution in [0.15, 0.2) is 35.5 Å². The molecule has 166 valence electrons. The Labute approximate surface area is 181 Å². The van der Waals surface area contributed by atoms with E-state index in [1.807, 2.05) is 23.1 Å². The number of hydrogen-bond acceptors (Lipinski definition) is 6. The minimum Gasteiger partial charge on any atom is -0.369 e. The van der Waals surface area contributed by atoms with Crippen LogP contribution in [0.2, 0.25) is 0 Å². The Morgan fingerprint density at radius 3 is 2.77 bits per heavy atom. The van der Waals surface area contributed by atoms with E-state index >= 15 is 0 Å². The number of aryl methyl sites for hydroxylation is 1. The van der Waals surface area contributed by atoms with Gasteiger partial charge in [-0.25, -0.2) is 5.43 Å². The lowest BCUT2D eigenvalue weighted by molar-refractivity contribution is -0.133. The average molecular weight is 426 g/mol. The maximum absolute atomic E-state index is 12.5. The summed E-state index contributed by atoms with van der Waals surface area (Å²) < 4.78 is 3.63. The normalized spacial score (nSPS) is 29.3. The van der Waals surface area contributed by atoms with E-state index in [2.05, 4.69) is 34.4 Å². The molecule has 3 fully saturated rings. The fraction of sp³-hybridized carbons (Fsp3) is 0.591. The first-order chi connectivity index (χ1) is 15.0. The summed E-state index contributed by atoms with van der Waals surface area (Å²) >= 11 is 0. The van der Waals surface area contributed by atoms with Gasteiger partial charge in [0, 0.05) is 55.7 Å². The molecule has 2 aliphatic heterocycles. The summed E-state index contributed by atoms with van der Waals surface area (Å²) in [6.07, 6.45) is 9.45. The van der Waals surface area contributed by atoms with Gasteiger partial charge in [0.2, 0.25) is 5.91 Å². The second-order valence-corrected chi connectivity index (χ2v) is 9.29. The maximum Gasteiger partial charge on any atom is 0.250 e. The molecule has 2 aromatic rings. The predicted octanol–water partition coefficient (Wildman–Crippen LogP) is 0.589. The standard InChI is InChI=1S/C22H31N7O2/c1-2-29-12-15(9-25-29)17-8-16-18(10-24-17)26-27-20(16)14-4-5-19(30)28(11-14)13-22(21(23)31)6-3-7-22/h4-5,9,11-12,16-18,20,24,26-27H,2-3,6-8,10,13H2,1H3,(H2,23,31). The predicted molar refractivity (Wildman–Crippen MR) is 116 cm³/mol. The highest BCUT2D eigenvalue weighted by Crippen LogP contribution is 2.42. The molecule has 0 bridgehead atoms. The second kappa shape index (κ2) is 7.89. The topological polar surface area (TPSA) is 119 Å². The van der Waals surface area contributed by atoms with Crippen molar-refractivity contribution in [3.05, 3.63) is 52.2 Å². The largest absolute Gasteiger partial charge is 0.369 e. The van der Waals surface area contributed by atoms with Crippen LogP contribution in [0.25, 0.3) is 0 Å². The van der Waals surface area contributed by atoms with E-state index in [1.54, 1.807) is 10.6 Å². The Morgan fingerprint density at radius 1 is 1.26 bits per heavy atom. The molecule has 4 atom stereocenters. The van der Waals surface area contributed by atoms with Crippen molar-refractivity contribution in [2.75, 3.05) is 6.54 Å². The molecule has 0 aromatic carbocycles. The van der Waals surface area contributed by atoms with Crippen molar-refractivity contribution < 1.29 is 4.79 Å². The zero-order valence-corrected chi connectivity index (χ0v) is 17.9. The number of primary amides is 1. The lowest BCUT2D eigenvalue weighted by atomic mass is 9.68. The average Bonchev–Trinajstić information content (AvgIpc) is 3.38. The number of fused-ring (bicyclic) bond motifs is 1. The van der Waals surface area contributed by atoms with Gasteiger partial charge < -0.3 is 15.6 Å². The van der Waals surface area contributed by atoms with Gasteiger partial charge in [0.15, 0.2) is 0 Å². The molecule has 9 nitrogen and oxygen atoms in total. The molecule has 9 heteroatoms. The Morgan fingerprint density at radius 2 is 2.10 bits per heavy atom. The molecule has 3 aliphatic rings. The third kappa shape index (κ3) is 3.60. The van der Waals surface area contributed by atoms with Crippen LogP contribution in [-0.2, 0) is 17.9 Å². The number of nitrogens with zero attached hydrogens (tertiary/aromatic N) is 3. The van der Waals surface area contributed by atoms with Crippen LogP contribution < -0.4 is 27.5 Å². The fourth-order valence-corrected chi connectivity index (χ4v) is 5.36. The number of piperidine rings is 1. The third-order valence-corrected chi connectivity index (χ3v) is 7.51. The zero-order valence-electron chi connectivity index (χ0n) is 17.9. The molecule has 5 rings (SSSR count).